The van der Waals surface area contributed by atoms with Crippen LogP contribution in [-0.2, 0) is 0 Å². The minimum Gasteiger partial charge on any atom is -0.351 e. The zero-order chi connectivity index (χ0) is 12.3. The second-order valence-corrected chi connectivity index (χ2v) is 3.75. The van der Waals surface area contributed by atoms with E-state index in [0.717, 1.165) is 12.2 Å². The van der Waals surface area contributed by atoms with Crippen molar-refractivity contribution in [3.05, 3.63) is 29.7 Å². The van der Waals surface area contributed by atoms with Crippen LogP contribution in [0.25, 0.3) is 5.65 Å². The molecule has 1 amide bonds. The zero-order valence-corrected chi connectivity index (χ0v) is 9.90. The monoisotopic (exact) mass is 233 g/mol. The summed E-state index contributed by atoms with van der Waals surface area (Å²) in [5, 5.41) is 9.85. The number of nitrogens with zero attached hydrogens (tertiary/aromatic N) is 3. The molecule has 0 aromatic carbocycles. The molecule has 0 fully saturated rings. The van der Waals surface area contributed by atoms with E-state index in [1.165, 1.54) is 6.20 Å². The fourth-order valence-corrected chi connectivity index (χ4v) is 1.52. The molecule has 17 heavy (non-hydrogen) atoms. The summed E-state index contributed by atoms with van der Waals surface area (Å²) < 4.78 is 1.60. The van der Waals surface area contributed by atoms with E-state index in [1.54, 1.807) is 10.7 Å². The lowest BCUT2D eigenvalue weighted by molar-refractivity contribution is 0.0955. The summed E-state index contributed by atoms with van der Waals surface area (Å²) in [5.74, 6) is -0.145. The van der Waals surface area contributed by atoms with Gasteiger partial charge in [-0.05, 0) is 20.0 Å². The summed E-state index contributed by atoms with van der Waals surface area (Å²) in [5.41, 5.74) is 1.96. The normalized spacial score (nSPS) is 10.7. The van der Waals surface area contributed by atoms with Crippen LogP contribution >= 0.6 is 0 Å². The Balaban J connectivity index is 2.23. The lowest BCUT2D eigenvalue weighted by Gasteiger charge is -2.03. The second-order valence-electron chi connectivity index (χ2n) is 3.75. The predicted octanol–water partition coefficient (Wildman–Crippen LogP) is -0.0131. The largest absolute Gasteiger partial charge is 0.351 e. The maximum absolute atomic E-state index is 11.9. The van der Waals surface area contributed by atoms with Gasteiger partial charge in [-0.3, -0.25) is 4.79 Å². The van der Waals surface area contributed by atoms with Crippen LogP contribution in [0.5, 0.6) is 0 Å². The molecule has 2 aromatic rings. The van der Waals surface area contributed by atoms with Crippen molar-refractivity contribution in [1.82, 2.24) is 25.2 Å². The van der Waals surface area contributed by atoms with Gasteiger partial charge in [0.2, 0.25) is 0 Å². The minimum absolute atomic E-state index is 0.145. The smallest absolute Gasteiger partial charge is 0.256 e. The van der Waals surface area contributed by atoms with Gasteiger partial charge in [0.1, 0.15) is 5.56 Å². The van der Waals surface area contributed by atoms with E-state index in [9.17, 15) is 4.79 Å². The molecule has 0 saturated heterocycles. The second kappa shape index (κ2) is 4.92. The third kappa shape index (κ3) is 2.42. The number of aryl methyl sites for hydroxylation is 1. The molecule has 0 aliphatic heterocycles. The average molecular weight is 233 g/mol. The van der Waals surface area contributed by atoms with E-state index in [2.05, 4.69) is 20.7 Å². The highest BCUT2D eigenvalue weighted by atomic mass is 16.1. The molecule has 0 aliphatic carbocycles. The van der Waals surface area contributed by atoms with Gasteiger partial charge in [0, 0.05) is 25.0 Å². The van der Waals surface area contributed by atoms with Crippen molar-refractivity contribution in [3.8, 4) is 0 Å². The van der Waals surface area contributed by atoms with Crippen molar-refractivity contribution in [2.75, 3.05) is 20.1 Å². The highest BCUT2D eigenvalue weighted by Gasteiger charge is 2.13. The molecule has 0 atom stereocenters. The van der Waals surface area contributed by atoms with Gasteiger partial charge < -0.3 is 10.6 Å². The Kier molecular flexibility index (Phi) is 3.34. The van der Waals surface area contributed by atoms with Gasteiger partial charge in [0.05, 0.1) is 6.20 Å². The van der Waals surface area contributed by atoms with Gasteiger partial charge in [-0.2, -0.15) is 5.10 Å². The van der Waals surface area contributed by atoms with Gasteiger partial charge >= 0.3 is 0 Å². The standard InChI is InChI=1S/C11H15N5O/c1-8-3-6-16-10(15-8)9(7-14-16)11(17)13-5-4-12-2/h3,6-7,12H,4-5H2,1-2H3,(H,13,17). The number of hydrogen-bond donors (Lipinski definition) is 2. The summed E-state index contributed by atoms with van der Waals surface area (Å²) in [6, 6.07) is 1.85. The first kappa shape index (κ1) is 11.5. The van der Waals surface area contributed by atoms with Crippen LogP contribution in [0, 0.1) is 6.92 Å². The summed E-state index contributed by atoms with van der Waals surface area (Å²) in [6.07, 6.45) is 3.33. The van der Waals surface area contributed by atoms with E-state index >= 15 is 0 Å². The number of carbonyl (C=O) groups excluding carboxylic acids is 1. The minimum atomic E-state index is -0.145. The first-order valence-corrected chi connectivity index (χ1v) is 5.46. The number of likely N-dealkylation sites (N-methyl/N-ethyl adjacent to an activating group) is 1. The molecule has 0 saturated carbocycles. The fraction of sp³-hybridized carbons (Fsp3) is 0.364. The van der Waals surface area contributed by atoms with Crippen LogP contribution in [0.4, 0.5) is 0 Å². The number of carbonyl (C=O) groups is 1. The number of nitrogens with one attached hydrogen (secondary N) is 2. The van der Waals surface area contributed by atoms with Crippen molar-refractivity contribution in [2.45, 2.75) is 6.92 Å². The molecule has 0 unspecified atom stereocenters. The van der Waals surface area contributed by atoms with E-state index < -0.39 is 0 Å². The van der Waals surface area contributed by atoms with Crippen molar-refractivity contribution in [3.63, 3.8) is 0 Å². The van der Waals surface area contributed by atoms with Crippen molar-refractivity contribution in [1.29, 1.82) is 0 Å². The molecule has 0 radical (unpaired) electrons. The highest BCUT2D eigenvalue weighted by molar-refractivity contribution is 5.99. The lowest BCUT2D eigenvalue weighted by Crippen LogP contribution is -2.30. The SMILES string of the molecule is CNCCNC(=O)c1cnn2ccc(C)nc12. The third-order valence-corrected chi connectivity index (χ3v) is 2.41. The molecule has 0 bridgehead atoms. The summed E-state index contributed by atoms with van der Waals surface area (Å²) in [6.45, 7) is 3.20. The molecule has 0 spiro atoms. The Labute approximate surface area is 99.0 Å². The van der Waals surface area contributed by atoms with E-state index in [1.807, 2.05) is 20.0 Å². The zero-order valence-electron chi connectivity index (χ0n) is 9.90. The number of aromatic nitrogens is 3. The molecule has 0 aliphatic rings. The van der Waals surface area contributed by atoms with Crippen LogP contribution in [0.3, 0.4) is 0 Å². The molecule has 90 valence electrons. The number of rotatable bonds is 4. The lowest BCUT2D eigenvalue weighted by atomic mass is 10.3. The number of hydrogen-bond acceptors (Lipinski definition) is 4. The topological polar surface area (TPSA) is 71.3 Å². The fourth-order valence-electron chi connectivity index (χ4n) is 1.52. The Morgan fingerprint density at radius 1 is 1.47 bits per heavy atom. The molecule has 2 aromatic heterocycles. The van der Waals surface area contributed by atoms with Gasteiger partial charge in [-0.25, -0.2) is 9.50 Å². The average Bonchev–Trinajstić information content (AvgIpc) is 2.72. The van der Waals surface area contributed by atoms with Gasteiger partial charge in [-0.15, -0.1) is 0 Å². The van der Waals surface area contributed by atoms with Crippen LogP contribution in [0.1, 0.15) is 16.1 Å². The third-order valence-electron chi connectivity index (χ3n) is 2.41. The van der Waals surface area contributed by atoms with E-state index in [0.29, 0.717) is 17.8 Å². The van der Waals surface area contributed by atoms with Crippen LogP contribution in [0.15, 0.2) is 18.5 Å². The van der Waals surface area contributed by atoms with Crippen molar-refractivity contribution >= 4 is 11.6 Å². The molecular formula is C11H15N5O. The predicted molar refractivity (Wildman–Crippen MR) is 64.0 cm³/mol. The molecule has 6 heteroatoms. The summed E-state index contributed by atoms with van der Waals surface area (Å²) in [4.78, 5) is 16.2. The van der Waals surface area contributed by atoms with E-state index in [-0.39, 0.29) is 5.91 Å². The Hall–Kier alpha value is -1.95. The molecular weight excluding hydrogens is 218 g/mol. The van der Waals surface area contributed by atoms with Crippen molar-refractivity contribution in [2.24, 2.45) is 0 Å². The molecule has 2 N–H and O–H groups in total. The summed E-state index contributed by atoms with van der Waals surface area (Å²) >= 11 is 0. The Morgan fingerprint density at radius 2 is 2.29 bits per heavy atom. The van der Waals surface area contributed by atoms with Gasteiger partial charge in [0.25, 0.3) is 5.91 Å². The van der Waals surface area contributed by atoms with Gasteiger partial charge in [0.15, 0.2) is 5.65 Å². The molecule has 2 heterocycles. The maximum atomic E-state index is 11.9. The highest BCUT2D eigenvalue weighted by Crippen LogP contribution is 2.08. The Morgan fingerprint density at radius 3 is 3.06 bits per heavy atom. The van der Waals surface area contributed by atoms with Gasteiger partial charge in [-0.1, -0.05) is 0 Å². The van der Waals surface area contributed by atoms with E-state index in [4.69, 9.17) is 0 Å². The first-order valence-electron chi connectivity index (χ1n) is 5.46. The quantitative estimate of drug-likeness (QED) is 0.728. The number of fused-ring (bicyclic) bond motifs is 1. The van der Waals surface area contributed by atoms with Crippen LogP contribution in [0.2, 0.25) is 0 Å². The number of amides is 1. The Bertz CT molecular complexity index is 534. The summed E-state index contributed by atoms with van der Waals surface area (Å²) in [7, 11) is 1.84. The van der Waals surface area contributed by atoms with Crippen LogP contribution < -0.4 is 10.6 Å². The first-order chi connectivity index (χ1) is 8.22. The van der Waals surface area contributed by atoms with Crippen LogP contribution in [-0.4, -0.2) is 40.6 Å². The maximum Gasteiger partial charge on any atom is 0.256 e. The molecule has 6 nitrogen and oxygen atoms in total. The van der Waals surface area contributed by atoms with Crippen molar-refractivity contribution < 1.29 is 4.79 Å². The molecule has 2 rings (SSSR count).